The van der Waals surface area contributed by atoms with E-state index >= 15 is 0 Å². The molecule has 0 bridgehead atoms. The largest absolute Gasteiger partial charge is 0.494 e. The van der Waals surface area contributed by atoms with E-state index in [1.165, 1.54) is 0 Å². The highest BCUT2D eigenvalue weighted by atomic mass is 16.5. The van der Waals surface area contributed by atoms with E-state index < -0.39 is 5.91 Å². The Morgan fingerprint density at radius 2 is 1.95 bits per heavy atom. The smallest absolute Gasteiger partial charge is 0.248 e. The van der Waals surface area contributed by atoms with Crippen LogP contribution in [0.25, 0.3) is 0 Å². The van der Waals surface area contributed by atoms with Gasteiger partial charge in [0.25, 0.3) is 0 Å². The van der Waals surface area contributed by atoms with Gasteiger partial charge in [-0.2, -0.15) is 0 Å². The van der Waals surface area contributed by atoms with Gasteiger partial charge in [0.05, 0.1) is 12.6 Å². The highest BCUT2D eigenvalue weighted by Gasteiger charge is 2.28. The van der Waals surface area contributed by atoms with E-state index in [1.54, 1.807) is 24.3 Å². The van der Waals surface area contributed by atoms with Crippen molar-refractivity contribution < 1.29 is 14.3 Å². The SMILES string of the molecule is NC(=O)c1ccc(OCCCN2CCC[C@@H]2C(N)=O)cc1. The lowest BCUT2D eigenvalue weighted by atomic mass is 10.2. The molecule has 0 aromatic heterocycles. The zero-order valence-corrected chi connectivity index (χ0v) is 12.0. The van der Waals surface area contributed by atoms with Gasteiger partial charge >= 0.3 is 0 Å². The minimum Gasteiger partial charge on any atom is -0.494 e. The number of nitrogens with two attached hydrogens (primary N) is 2. The summed E-state index contributed by atoms with van der Waals surface area (Å²) in [6, 6.07) is 6.60. The third-order valence-corrected chi connectivity index (χ3v) is 3.69. The van der Waals surface area contributed by atoms with Crippen molar-refractivity contribution in [2.45, 2.75) is 25.3 Å². The molecule has 0 radical (unpaired) electrons. The first kappa shape index (κ1) is 15.3. The predicted octanol–water partition coefficient (Wildman–Crippen LogP) is 0.504. The van der Waals surface area contributed by atoms with Crippen molar-refractivity contribution in [3.05, 3.63) is 29.8 Å². The number of rotatable bonds is 7. The standard InChI is InChI=1S/C15H21N3O3/c16-14(19)11-4-6-12(7-5-11)21-10-2-9-18-8-1-3-13(18)15(17)20/h4-7,13H,1-3,8-10H2,(H2,16,19)(H2,17,20)/t13-/m1/s1. The highest BCUT2D eigenvalue weighted by molar-refractivity contribution is 5.92. The van der Waals surface area contributed by atoms with E-state index in [0.717, 1.165) is 32.4 Å². The molecular weight excluding hydrogens is 270 g/mol. The number of ether oxygens (including phenoxy) is 1. The van der Waals surface area contributed by atoms with Gasteiger partial charge in [0.2, 0.25) is 11.8 Å². The number of primary amides is 2. The summed E-state index contributed by atoms with van der Waals surface area (Å²) in [6.45, 7) is 2.27. The molecule has 1 aromatic carbocycles. The molecule has 1 atom stereocenters. The van der Waals surface area contributed by atoms with Crippen LogP contribution in [0, 0.1) is 0 Å². The molecule has 1 aliphatic rings. The van der Waals surface area contributed by atoms with Crippen molar-refractivity contribution in [1.29, 1.82) is 0 Å². The third kappa shape index (κ3) is 4.19. The van der Waals surface area contributed by atoms with E-state index in [2.05, 4.69) is 4.90 Å². The quantitative estimate of drug-likeness (QED) is 0.715. The molecule has 0 saturated carbocycles. The van der Waals surface area contributed by atoms with E-state index in [-0.39, 0.29) is 11.9 Å². The number of hydrogen-bond acceptors (Lipinski definition) is 4. The normalized spacial score (nSPS) is 18.6. The fraction of sp³-hybridized carbons (Fsp3) is 0.467. The van der Waals surface area contributed by atoms with Crippen molar-refractivity contribution >= 4 is 11.8 Å². The number of carbonyl (C=O) groups is 2. The first-order chi connectivity index (χ1) is 10.1. The van der Waals surface area contributed by atoms with Gasteiger partial charge < -0.3 is 16.2 Å². The van der Waals surface area contributed by atoms with Crippen LogP contribution in [0.4, 0.5) is 0 Å². The van der Waals surface area contributed by atoms with Gasteiger partial charge in [-0.15, -0.1) is 0 Å². The fourth-order valence-electron chi connectivity index (χ4n) is 2.59. The Balaban J connectivity index is 1.72. The van der Waals surface area contributed by atoms with Crippen molar-refractivity contribution in [3.8, 4) is 5.75 Å². The lowest BCUT2D eigenvalue weighted by molar-refractivity contribution is -0.122. The monoisotopic (exact) mass is 291 g/mol. The van der Waals surface area contributed by atoms with Crippen LogP contribution in [0.1, 0.15) is 29.6 Å². The minimum atomic E-state index is -0.451. The second-order valence-electron chi connectivity index (χ2n) is 5.19. The van der Waals surface area contributed by atoms with Gasteiger partial charge in [-0.1, -0.05) is 0 Å². The number of likely N-dealkylation sites (tertiary alicyclic amines) is 1. The summed E-state index contributed by atoms with van der Waals surface area (Å²) in [5, 5.41) is 0. The number of benzene rings is 1. The molecular formula is C15H21N3O3. The summed E-state index contributed by atoms with van der Waals surface area (Å²) in [5.74, 6) is 0.0106. The van der Waals surface area contributed by atoms with Crippen molar-refractivity contribution in [2.24, 2.45) is 11.5 Å². The zero-order chi connectivity index (χ0) is 15.2. The molecule has 1 fully saturated rings. The van der Waals surface area contributed by atoms with Crippen LogP contribution in [-0.2, 0) is 4.79 Å². The fourth-order valence-corrected chi connectivity index (χ4v) is 2.59. The zero-order valence-electron chi connectivity index (χ0n) is 12.0. The van der Waals surface area contributed by atoms with Crippen molar-refractivity contribution in [1.82, 2.24) is 4.90 Å². The van der Waals surface area contributed by atoms with Gasteiger partial charge in [-0.3, -0.25) is 14.5 Å². The second-order valence-corrected chi connectivity index (χ2v) is 5.19. The van der Waals surface area contributed by atoms with E-state index in [0.29, 0.717) is 17.9 Å². The van der Waals surface area contributed by atoms with Crippen molar-refractivity contribution in [3.63, 3.8) is 0 Å². The minimum absolute atomic E-state index is 0.125. The maximum atomic E-state index is 11.3. The Hall–Kier alpha value is -2.08. The molecule has 0 unspecified atom stereocenters. The molecule has 1 saturated heterocycles. The summed E-state index contributed by atoms with van der Waals surface area (Å²) < 4.78 is 5.60. The van der Waals surface area contributed by atoms with Crippen LogP contribution < -0.4 is 16.2 Å². The first-order valence-corrected chi connectivity index (χ1v) is 7.14. The molecule has 6 heteroatoms. The molecule has 2 amide bonds. The van der Waals surface area contributed by atoms with Crippen LogP contribution >= 0.6 is 0 Å². The Kier molecular flexibility index (Phi) is 5.16. The molecule has 4 N–H and O–H groups in total. The first-order valence-electron chi connectivity index (χ1n) is 7.14. The Bertz CT molecular complexity index is 501. The Morgan fingerprint density at radius 1 is 1.24 bits per heavy atom. The summed E-state index contributed by atoms with van der Waals surface area (Å²) in [4.78, 5) is 24.3. The van der Waals surface area contributed by atoms with E-state index in [9.17, 15) is 9.59 Å². The molecule has 0 aliphatic carbocycles. The van der Waals surface area contributed by atoms with Crippen molar-refractivity contribution in [2.75, 3.05) is 19.7 Å². The molecule has 1 heterocycles. The molecule has 21 heavy (non-hydrogen) atoms. The van der Waals surface area contributed by atoms with Gasteiger partial charge in [0, 0.05) is 12.1 Å². The third-order valence-electron chi connectivity index (χ3n) is 3.69. The van der Waals surface area contributed by atoms with Crippen LogP contribution in [0.5, 0.6) is 5.75 Å². The second kappa shape index (κ2) is 7.08. The van der Waals surface area contributed by atoms with Crippen LogP contribution in [0.3, 0.4) is 0 Å². The summed E-state index contributed by atoms with van der Waals surface area (Å²) >= 11 is 0. The van der Waals surface area contributed by atoms with Crippen LogP contribution in [0.15, 0.2) is 24.3 Å². The van der Waals surface area contributed by atoms with Gasteiger partial charge in [0.1, 0.15) is 5.75 Å². The topological polar surface area (TPSA) is 98.7 Å². The number of nitrogens with zero attached hydrogens (tertiary/aromatic N) is 1. The maximum Gasteiger partial charge on any atom is 0.248 e. The number of hydrogen-bond donors (Lipinski definition) is 2. The highest BCUT2D eigenvalue weighted by Crippen LogP contribution is 2.17. The summed E-state index contributed by atoms with van der Waals surface area (Å²) in [5.41, 5.74) is 11.0. The van der Waals surface area contributed by atoms with Crippen LogP contribution in [0.2, 0.25) is 0 Å². The molecule has 1 aromatic rings. The molecule has 114 valence electrons. The van der Waals surface area contributed by atoms with E-state index in [4.69, 9.17) is 16.2 Å². The number of carbonyl (C=O) groups excluding carboxylic acids is 2. The lowest BCUT2D eigenvalue weighted by Gasteiger charge is -2.21. The average Bonchev–Trinajstić information content (AvgIpc) is 2.92. The molecule has 1 aliphatic heterocycles. The molecule has 6 nitrogen and oxygen atoms in total. The summed E-state index contributed by atoms with van der Waals surface area (Å²) in [7, 11) is 0. The average molecular weight is 291 g/mol. The van der Waals surface area contributed by atoms with Gasteiger partial charge in [0.15, 0.2) is 0 Å². The van der Waals surface area contributed by atoms with Crippen LogP contribution in [-0.4, -0.2) is 42.5 Å². The molecule has 2 rings (SSSR count). The van der Waals surface area contributed by atoms with Gasteiger partial charge in [-0.25, -0.2) is 0 Å². The Labute approximate surface area is 124 Å². The Morgan fingerprint density at radius 3 is 2.57 bits per heavy atom. The lowest BCUT2D eigenvalue weighted by Crippen LogP contribution is -2.40. The molecule has 0 spiro atoms. The maximum absolute atomic E-state index is 11.3. The predicted molar refractivity (Wildman–Crippen MR) is 78.9 cm³/mol. The number of amides is 2. The van der Waals surface area contributed by atoms with Gasteiger partial charge in [-0.05, 0) is 50.1 Å². The van der Waals surface area contributed by atoms with E-state index in [1.807, 2.05) is 0 Å². The summed E-state index contributed by atoms with van der Waals surface area (Å²) in [6.07, 6.45) is 2.69.